The van der Waals surface area contributed by atoms with Crippen LogP contribution in [-0.4, -0.2) is 22.6 Å². The van der Waals surface area contributed by atoms with E-state index in [0.717, 1.165) is 22.6 Å². The largest absolute Gasteiger partial charge is 0.115 e. The molecular weight excluding hydrogens is 278 g/mol. The molecule has 3 rings (SSSR count). The lowest BCUT2D eigenvalue weighted by Gasteiger charge is -2.37. The molecule has 0 saturated heterocycles. The zero-order valence-electron chi connectivity index (χ0n) is 13.2. The van der Waals surface area contributed by atoms with Gasteiger partial charge in [-0.05, 0) is 61.2 Å². The molecule has 116 valence electrons. The summed E-state index contributed by atoms with van der Waals surface area (Å²) in [6, 6.07) is 0. The maximum absolute atomic E-state index is 1.60. The van der Waals surface area contributed by atoms with Crippen LogP contribution in [0.25, 0.3) is 0 Å². The summed E-state index contributed by atoms with van der Waals surface area (Å²) >= 11 is 0. The molecule has 0 spiro atoms. The molecule has 0 nitrogen and oxygen atoms in total. The number of rotatable bonds is 4. The molecular formula is C18H34P2. The Balaban J connectivity index is 1.49. The van der Waals surface area contributed by atoms with Crippen LogP contribution in [0, 0.1) is 0 Å². The van der Waals surface area contributed by atoms with Gasteiger partial charge in [0.2, 0.25) is 0 Å². The van der Waals surface area contributed by atoms with Gasteiger partial charge in [0.15, 0.2) is 0 Å². The number of hydrogen-bond acceptors (Lipinski definition) is 0. The first-order valence-electron chi connectivity index (χ1n) is 9.44. The molecule has 3 fully saturated rings. The predicted octanol–water partition coefficient (Wildman–Crippen LogP) is 6.32. The van der Waals surface area contributed by atoms with Crippen LogP contribution in [-0.2, 0) is 0 Å². The van der Waals surface area contributed by atoms with Gasteiger partial charge in [0.25, 0.3) is 0 Å². The molecule has 3 aliphatic carbocycles. The standard InChI is InChI=1S/C18H34P2/c1-3-9-15(10-4-1)19-17-13-7-8-14-18(17)20-16-11-5-2-6-12-16/h15-20H,1-14H2. The lowest BCUT2D eigenvalue weighted by molar-refractivity contribution is 0.484. The van der Waals surface area contributed by atoms with E-state index in [1.807, 2.05) is 0 Å². The van der Waals surface area contributed by atoms with Crippen LogP contribution in [0.5, 0.6) is 0 Å². The molecule has 0 aromatic rings. The average molecular weight is 312 g/mol. The van der Waals surface area contributed by atoms with Gasteiger partial charge < -0.3 is 0 Å². The van der Waals surface area contributed by atoms with Crippen molar-refractivity contribution in [1.82, 2.24) is 0 Å². The van der Waals surface area contributed by atoms with E-state index in [9.17, 15) is 0 Å². The Kier molecular flexibility index (Phi) is 6.68. The summed E-state index contributed by atoms with van der Waals surface area (Å²) in [6.07, 6.45) is 21.8. The van der Waals surface area contributed by atoms with Crippen molar-refractivity contribution in [2.75, 3.05) is 0 Å². The Labute approximate surface area is 130 Å². The lowest BCUT2D eigenvalue weighted by Crippen LogP contribution is -2.27. The van der Waals surface area contributed by atoms with Gasteiger partial charge in [0.05, 0.1) is 0 Å². The molecule has 0 aliphatic heterocycles. The SMILES string of the molecule is C1CCC(PC2CCCCC2PC2CCCCC2)CC1. The molecule has 4 atom stereocenters. The first-order chi connectivity index (χ1) is 9.92. The highest BCUT2D eigenvalue weighted by atomic mass is 31.1. The minimum atomic E-state index is 1.14. The Morgan fingerprint density at radius 2 is 0.750 bits per heavy atom. The van der Waals surface area contributed by atoms with Gasteiger partial charge in [-0.15, -0.1) is 17.2 Å². The second-order valence-electron chi connectivity index (χ2n) is 7.50. The first kappa shape index (κ1) is 15.7. The van der Waals surface area contributed by atoms with Crippen LogP contribution in [0.1, 0.15) is 89.9 Å². The van der Waals surface area contributed by atoms with Crippen molar-refractivity contribution in [3.8, 4) is 0 Å². The van der Waals surface area contributed by atoms with Crippen molar-refractivity contribution in [1.29, 1.82) is 0 Å². The molecule has 0 bridgehead atoms. The fourth-order valence-electron chi connectivity index (χ4n) is 4.67. The fraction of sp³-hybridized carbons (Fsp3) is 1.00. The molecule has 4 unspecified atom stereocenters. The summed E-state index contributed by atoms with van der Waals surface area (Å²) in [7, 11) is 2.68. The van der Waals surface area contributed by atoms with Gasteiger partial charge in [-0.1, -0.05) is 51.4 Å². The van der Waals surface area contributed by atoms with Gasteiger partial charge in [-0.3, -0.25) is 0 Å². The average Bonchev–Trinajstić information content (AvgIpc) is 2.51. The van der Waals surface area contributed by atoms with E-state index in [1.165, 1.54) is 30.0 Å². The highest BCUT2D eigenvalue weighted by Crippen LogP contribution is 2.49. The number of hydrogen-bond donors (Lipinski definition) is 0. The minimum absolute atomic E-state index is 1.14. The normalized spacial score (nSPS) is 35.4. The molecule has 0 amide bonds. The Morgan fingerprint density at radius 3 is 1.15 bits per heavy atom. The summed E-state index contributed by atoms with van der Waals surface area (Å²) in [5.41, 5.74) is 4.61. The molecule has 3 aliphatic rings. The minimum Gasteiger partial charge on any atom is -0.115 e. The van der Waals surface area contributed by atoms with E-state index >= 15 is 0 Å². The van der Waals surface area contributed by atoms with Crippen molar-refractivity contribution < 1.29 is 0 Å². The Hall–Kier alpha value is 0.860. The van der Waals surface area contributed by atoms with E-state index in [-0.39, 0.29) is 0 Å². The molecule has 0 heterocycles. The van der Waals surface area contributed by atoms with E-state index < -0.39 is 0 Å². The molecule has 2 heteroatoms. The zero-order valence-corrected chi connectivity index (χ0v) is 15.2. The third-order valence-electron chi connectivity index (χ3n) is 5.88. The maximum Gasteiger partial charge on any atom is -0.0169 e. The summed E-state index contributed by atoms with van der Waals surface area (Å²) in [5, 5.41) is 0. The second-order valence-corrected chi connectivity index (χ2v) is 11.3. The van der Waals surface area contributed by atoms with Crippen molar-refractivity contribution in [2.45, 2.75) is 113 Å². The van der Waals surface area contributed by atoms with E-state index in [4.69, 9.17) is 0 Å². The van der Waals surface area contributed by atoms with Crippen LogP contribution in [0.2, 0.25) is 0 Å². The highest BCUT2D eigenvalue weighted by molar-refractivity contribution is 7.44. The molecule has 3 saturated carbocycles. The van der Waals surface area contributed by atoms with Crippen LogP contribution < -0.4 is 0 Å². The van der Waals surface area contributed by atoms with Crippen LogP contribution >= 0.6 is 17.2 Å². The second kappa shape index (κ2) is 8.48. The third kappa shape index (κ3) is 4.68. The summed E-state index contributed by atoms with van der Waals surface area (Å²) < 4.78 is 0. The van der Waals surface area contributed by atoms with Gasteiger partial charge >= 0.3 is 0 Å². The first-order valence-corrected chi connectivity index (χ1v) is 11.7. The summed E-state index contributed by atoms with van der Waals surface area (Å²) in [5.74, 6) is 0. The van der Waals surface area contributed by atoms with Crippen molar-refractivity contribution in [3.63, 3.8) is 0 Å². The summed E-state index contributed by atoms with van der Waals surface area (Å²) in [4.78, 5) is 0. The predicted molar refractivity (Wildman–Crippen MR) is 96.4 cm³/mol. The van der Waals surface area contributed by atoms with E-state index in [2.05, 4.69) is 0 Å². The van der Waals surface area contributed by atoms with Gasteiger partial charge in [0.1, 0.15) is 0 Å². The molecule has 0 aromatic heterocycles. The zero-order chi connectivity index (χ0) is 13.6. The molecule has 20 heavy (non-hydrogen) atoms. The molecule has 0 aromatic carbocycles. The third-order valence-corrected chi connectivity index (χ3v) is 10.5. The van der Waals surface area contributed by atoms with E-state index in [1.54, 1.807) is 77.0 Å². The van der Waals surface area contributed by atoms with Gasteiger partial charge in [-0.2, -0.15) is 0 Å². The highest BCUT2D eigenvalue weighted by Gasteiger charge is 2.30. The van der Waals surface area contributed by atoms with Crippen LogP contribution in [0.3, 0.4) is 0 Å². The lowest BCUT2D eigenvalue weighted by atomic mass is 9.99. The van der Waals surface area contributed by atoms with Gasteiger partial charge in [-0.25, -0.2) is 0 Å². The summed E-state index contributed by atoms with van der Waals surface area (Å²) in [6.45, 7) is 0. The van der Waals surface area contributed by atoms with Crippen LogP contribution in [0.4, 0.5) is 0 Å². The van der Waals surface area contributed by atoms with Crippen molar-refractivity contribution >= 4 is 17.2 Å². The van der Waals surface area contributed by atoms with Crippen LogP contribution in [0.15, 0.2) is 0 Å². The van der Waals surface area contributed by atoms with Crippen molar-refractivity contribution in [3.05, 3.63) is 0 Å². The Morgan fingerprint density at radius 1 is 0.400 bits per heavy atom. The van der Waals surface area contributed by atoms with E-state index in [0.29, 0.717) is 0 Å². The Bertz CT molecular complexity index is 239. The quantitative estimate of drug-likeness (QED) is 0.533. The van der Waals surface area contributed by atoms with Gasteiger partial charge in [0, 0.05) is 0 Å². The molecule has 0 N–H and O–H groups in total. The van der Waals surface area contributed by atoms with Crippen molar-refractivity contribution in [2.24, 2.45) is 0 Å². The monoisotopic (exact) mass is 312 g/mol. The topological polar surface area (TPSA) is 0 Å². The fourth-order valence-corrected chi connectivity index (χ4v) is 9.48. The maximum atomic E-state index is 1.60. The molecule has 0 radical (unpaired) electrons. The smallest absolute Gasteiger partial charge is 0.0169 e.